The topological polar surface area (TPSA) is 132 Å². The number of furan rings is 1. The lowest BCUT2D eigenvalue weighted by atomic mass is 10.0. The molecule has 5 rings (SSSR count). The molecule has 12 heteroatoms. The summed E-state index contributed by atoms with van der Waals surface area (Å²) >= 11 is 0. The summed E-state index contributed by atoms with van der Waals surface area (Å²) in [6.45, 7) is 2.33. The molecule has 3 aromatic heterocycles. The summed E-state index contributed by atoms with van der Waals surface area (Å²) in [5.41, 5.74) is 2.77. The van der Waals surface area contributed by atoms with E-state index in [0.29, 0.717) is 52.6 Å². The van der Waals surface area contributed by atoms with Gasteiger partial charge in [0.05, 0.1) is 28.6 Å². The van der Waals surface area contributed by atoms with Crippen LogP contribution < -0.4 is 10.6 Å². The summed E-state index contributed by atoms with van der Waals surface area (Å²) < 4.78 is 44.4. The molecule has 2 N–H and O–H groups in total. The fraction of sp³-hybridized carbons (Fsp3) is 0.273. The second-order valence-electron chi connectivity index (χ2n) is 8.07. The Labute approximate surface area is 194 Å². The van der Waals surface area contributed by atoms with Crippen molar-refractivity contribution in [2.75, 3.05) is 29.9 Å². The van der Waals surface area contributed by atoms with Gasteiger partial charge in [-0.3, -0.25) is 9.48 Å². The Kier molecular flexibility index (Phi) is 5.52. The molecule has 1 aliphatic heterocycles. The van der Waals surface area contributed by atoms with Crippen LogP contribution in [0, 0.1) is 5.82 Å². The highest BCUT2D eigenvalue weighted by atomic mass is 32.2. The molecule has 1 aliphatic rings. The fourth-order valence-electron chi connectivity index (χ4n) is 3.84. The monoisotopic (exact) mass is 484 g/mol. The molecule has 10 nitrogen and oxygen atoms in total. The lowest BCUT2D eigenvalue weighted by Crippen LogP contribution is -2.38. The minimum Gasteiger partial charge on any atom is -0.422 e. The maximum Gasteiger partial charge on any atom is 0.232 e. The Bertz CT molecular complexity index is 1470. The van der Waals surface area contributed by atoms with Crippen molar-refractivity contribution in [2.24, 2.45) is 0 Å². The first-order chi connectivity index (χ1) is 16.3. The summed E-state index contributed by atoms with van der Waals surface area (Å²) in [5.74, 6) is 0.00483. The van der Waals surface area contributed by atoms with E-state index in [4.69, 9.17) is 4.42 Å². The molecule has 1 saturated heterocycles. The van der Waals surface area contributed by atoms with Gasteiger partial charge in [0, 0.05) is 43.4 Å². The molecule has 34 heavy (non-hydrogen) atoms. The Morgan fingerprint density at radius 2 is 1.94 bits per heavy atom. The van der Waals surface area contributed by atoms with E-state index in [0.717, 1.165) is 0 Å². The van der Waals surface area contributed by atoms with Crippen LogP contribution in [0.3, 0.4) is 0 Å². The Morgan fingerprint density at radius 1 is 1.18 bits per heavy atom. The number of carbonyl (C=O) groups excluding carboxylic acids is 1. The summed E-state index contributed by atoms with van der Waals surface area (Å²) in [6.07, 6.45) is 3.14. The number of benzene rings is 1. The van der Waals surface area contributed by atoms with Crippen LogP contribution >= 0.6 is 0 Å². The predicted octanol–water partition coefficient (Wildman–Crippen LogP) is 2.41. The predicted molar refractivity (Wildman–Crippen MR) is 123 cm³/mol. The van der Waals surface area contributed by atoms with Gasteiger partial charge in [-0.1, -0.05) is 0 Å². The number of rotatable bonds is 7. The van der Waals surface area contributed by atoms with E-state index >= 15 is 0 Å². The molecule has 176 valence electrons. The van der Waals surface area contributed by atoms with E-state index < -0.39 is 9.84 Å². The zero-order chi connectivity index (χ0) is 23.9. The number of carbonyl (C=O) groups is 1. The lowest BCUT2D eigenvalue weighted by molar-refractivity contribution is -0.118. The average molecular weight is 485 g/mol. The minimum absolute atomic E-state index is 0.0181. The zero-order valence-electron chi connectivity index (χ0n) is 18.2. The molecule has 1 amide bonds. The number of aromatic nitrogens is 4. The maximum absolute atomic E-state index is 13.5. The van der Waals surface area contributed by atoms with Gasteiger partial charge in [-0.2, -0.15) is 5.10 Å². The van der Waals surface area contributed by atoms with Gasteiger partial charge in [-0.05, 0) is 24.3 Å². The third-order valence-electron chi connectivity index (χ3n) is 5.50. The molecule has 0 unspecified atom stereocenters. The first kappa shape index (κ1) is 22.0. The molecule has 0 saturated carbocycles. The van der Waals surface area contributed by atoms with Crippen LogP contribution in [0.4, 0.5) is 10.3 Å². The van der Waals surface area contributed by atoms with Gasteiger partial charge in [0.25, 0.3) is 0 Å². The third-order valence-corrected chi connectivity index (χ3v) is 7.28. The van der Waals surface area contributed by atoms with Gasteiger partial charge in [0.2, 0.25) is 11.6 Å². The van der Waals surface area contributed by atoms with Crippen molar-refractivity contribution in [1.82, 2.24) is 25.1 Å². The molecule has 1 aromatic carbocycles. The van der Waals surface area contributed by atoms with Crippen LogP contribution in [-0.4, -0.2) is 58.7 Å². The molecule has 4 aromatic rings. The highest BCUT2D eigenvalue weighted by molar-refractivity contribution is 7.92. The van der Waals surface area contributed by atoms with Crippen LogP contribution in [-0.2, 0) is 14.6 Å². The van der Waals surface area contributed by atoms with Gasteiger partial charge in [-0.15, -0.1) is 0 Å². The van der Waals surface area contributed by atoms with E-state index in [1.807, 2.05) is 0 Å². The summed E-state index contributed by atoms with van der Waals surface area (Å²) in [4.78, 5) is 19.7. The number of halogens is 1. The van der Waals surface area contributed by atoms with Crippen LogP contribution in [0.25, 0.3) is 33.6 Å². The van der Waals surface area contributed by atoms with Crippen LogP contribution in [0.5, 0.6) is 0 Å². The summed E-state index contributed by atoms with van der Waals surface area (Å²) in [5, 5.41) is 11.1. The molecule has 1 fully saturated rings. The second-order valence-corrected chi connectivity index (χ2v) is 10.2. The smallest absolute Gasteiger partial charge is 0.232 e. The molecule has 4 heterocycles. The third kappa shape index (κ3) is 4.36. The highest BCUT2D eigenvalue weighted by Crippen LogP contribution is 2.37. The second kappa shape index (κ2) is 8.52. The number of hydrogen-bond acceptors (Lipinski definition) is 8. The molecule has 0 bridgehead atoms. The number of fused-ring (bicyclic) bond motifs is 1. The van der Waals surface area contributed by atoms with E-state index in [9.17, 15) is 17.6 Å². The van der Waals surface area contributed by atoms with Crippen molar-refractivity contribution in [1.29, 1.82) is 0 Å². The number of hydrogen-bond donors (Lipinski definition) is 2. The fourth-order valence-corrected chi connectivity index (χ4v) is 5.22. The van der Waals surface area contributed by atoms with Crippen molar-refractivity contribution in [3.05, 3.63) is 48.7 Å². The Balaban J connectivity index is 1.54. The van der Waals surface area contributed by atoms with E-state index in [1.165, 1.54) is 25.4 Å². The van der Waals surface area contributed by atoms with E-state index in [2.05, 4.69) is 25.7 Å². The van der Waals surface area contributed by atoms with Crippen molar-refractivity contribution >= 4 is 32.7 Å². The quantitative estimate of drug-likeness (QED) is 0.382. The van der Waals surface area contributed by atoms with Gasteiger partial charge in [-0.25, -0.2) is 22.8 Å². The van der Waals surface area contributed by atoms with E-state index in [-0.39, 0.29) is 29.3 Å². The number of sulfone groups is 1. The van der Waals surface area contributed by atoms with Gasteiger partial charge in [0.15, 0.2) is 15.7 Å². The number of amides is 1. The SMILES string of the molecule is CC(=O)NCCNc1cc2c(-c3cn(C4CS(=O)(=O)C4)nc3-c3ccc(F)cc3)ncnc2o1. The minimum atomic E-state index is -3.05. The van der Waals surface area contributed by atoms with E-state index in [1.54, 1.807) is 29.1 Å². The van der Waals surface area contributed by atoms with Crippen LogP contribution in [0.2, 0.25) is 0 Å². The van der Waals surface area contributed by atoms with Crippen LogP contribution in [0.1, 0.15) is 13.0 Å². The molecule has 0 radical (unpaired) electrons. The average Bonchev–Trinajstić information content (AvgIpc) is 3.39. The van der Waals surface area contributed by atoms with Crippen LogP contribution in [0.15, 0.2) is 47.3 Å². The Hall–Kier alpha value is -3.80. The Morgan fingerprint density at radius 3 is 2.65 bits per heavy atom. The summed E-state index contributed by atoms with van der Waals surface area (Å²) in [6, 6.07) is 7.41. The van der Waals surface area contributed by atoms with Gasteiger partial charge >= 0.3 is 0 Å². The van der Waals surface area contributed by atoms with Crippen molar-refractivity contribution in [3.63, 3.8) is 0 Å². The standard InChI is InChI=1S/C22H21FN6O4S/c1-13(30)24-6-7-25-19-8-17-21(26-12-27-22(17)33-19)18-9-29(16-10-34(31,32)11-16)28-20(18)14-2-4-15(23)5-3-14/h2-5,8-9,12,16,25H,6-7,10-11H2,1H3,(H,24,30). The zero-order valence-corrected chi connectivity index (χ0v) is 19.0. The largest absolute Gasteiger partial charge is 0.422 e. The molecule has 0 spiro atoms. The normalized spacial score (nSPS) is 15.2. The van der Waals surface area contributed by atoms with Crippen molar-refractivity contribution < 1.29 is 22.0 Å². The van der Waals surface area contributed by atoms with Gasteiger partial charge in [0.1, 0.15) is 17.8 Å². The molecule has 0 aliphatic carbocycles. The molecular weight excluding hydrogens is 463 g/mol. The number of anilines is 1. The first-order valence-corrected chi connectivity index (χ1v) is 12.4. The van der Waals surface area contributed by atoms with Gasteiger partial charge < -0.3 is 15.1 Å². The highest BCUT2D eigenvalue weighted by Gasteiger charge is 2.36. The first-order valence-electron chi connectivity index (χ1n) is 10.6. The maximum atomic E-state index is 13.5. The van der Waals surface area contributed by atoms with Crippen molar-refractivity contribution in [3.8, 4) is 22.5 Å². The summed E-state index contributed by atoms with van der Waals surface area (Å²) in [7, 11) is -3.05. The number of nitrogens with zero attached hydrogens (tertiary/aromatic N) is 4. The van der Waals surface area contributed by atoms with Crippen molar-refractivity contribution in [2.45, 2.75) is 13.0 Å². The molecular formula is C22H21FN6O4S. The number of nitrogens with one attached hydrogen (secondary N) is 2. The molecule has 0 atom stereocenters. The lowest BCUT2D eigenvalue weighted by Gasteiger charge is -2.25.